The molecule has 124 valence electrons. The van der Waals surface area contributed by atoms with Crippen molar-refractivity contribution < 1.29 is 14.3 Å². The van der Waals surface area contributed by atoms with Crippen LogP contribution in [0.1, 0.15) is 22.8 Å². The van der Waals surface area contributed by atoms with Gasteiger partial charge in [-0.05, 0) is 55.0 Å². The van der Waals surface area contributed by atoms with Crippen LogP contribution in [0.25, 0.3) is 6.08 Å². The summed E-state index contributed by atoms with van der Waals surface area (Å²) in [4.78, 5) is 23.3. The summed E-state index contributed by atoms with van der Waals surface area (Å²) in [5.74, 6) is -0.383. The van der Waals surface area contributed by atoms with Crippen molar-refractivity contribution in [1.82, 2.24) is 5.32 Å². The summed E-state index contributed by atoms with van der Waals surface area (Å²) in [7, 11) is 0. The van der Waals surface area contributed by atoms with Gasteiger partial charge in [0.05, 0.1) is 12.2 Å². The zero-order valence-electron chi connectivity index (χ0n) is 13.1. The summed E-state index contributed by atoms with van der Waals surface area (Å²) in [6, 6.07) is 13.8. The van der Waals surface area contributed by atoms with Crippen molar-refractivity contribution in [1.29, 1.82) is 0 Å². The minimum Gasteiger partial charge on any atom is -0.462 e. The summed E-state index contributed by atoms with van der Waals surface area (Å²) in [5.41, 5.74) is 1.99. The molecule has 0 aliphatic heterocycles. The Balaban J connectivity index is 1.85. The van der Waals surface area contributed by atoms with Crippen molar-refractivity contribution in [3.8, 4) is 0 Å². The normalized spacial score (nSPS) is 10.4. The van der Waals surface area contributed by atoms with Gasteiger partial charge in [0.1, 0.15) is 0 Å². The van der Waals surface area contributed by atoms with Gasteiger partial charge in [0.15, 0.2) is 0 Å². The molecule has 0 spiro atoms. The van der Waals surface area contributed by atoms with Gasteiger partial charge in [0.25, 0.3) is 0 Å². The lowest BCUT2D eigenvalue weighted by molar-refractivity contribution is 0.0526. The molecular formula is C18H17BrN2O3. The van der Waals surface area contributed by atoms with Gasteiger partial charge in [0, 0.05) is 16.4 Å². The van der Waals surface area contributed by atoms with E-state index in [4.69, 9.17) is 4.74 Å². The van der Waals surface area contributed by atoms with Gasteiger partial charge in [-0.25, -0.2) is 9.59 Å². The lowest BCUT2D eigenvalue weighted by Gasteiger charge is -2.06. The van der Waals surface area contributed by atoms with Crippen molar-refractivity contribution in [2.24, 2.45) is 0 Å². The van der Waals surface area contributed by atoms with Gasteiger partial charge < -0.3 is 15.4 Å². The number of rotatable bonds is 5. The van der Waals surface area contributed by atoms with Gasteiger partial charge in [-0.2, -0.15) is 0 Å². The number of carbonyl (C=O) groups is 2. The zero-order chi connectivity index (χ0) is 17.4. The number of hydrogen-bond donors (Lipinski definition) is 2. The number of hydrogen-bond acceptors (Lipinski definition) is 3. The Labute approximate surface area is 148 Å². The van der Waals surface area contributed by atoms with Gasteiger partial charge in [-0.1, -0.05) is 28.1 Å². The van der Waals surface area contributed by atoms with Gasteiger partial charge in [0.2, 0.25) is 0 Å². The molecule has 0 bridgehead atoms. The largest absolute Gasteiger partial charge is 0.462 e. The van der Waals surface area contributed by atoms with Crippen LogP contribution < -0.4 is 10.6 Å². The second kappa shape index (κ2) is 8.88. The van der Waals surface area contributed by atoms with Crippen LogP contribution in [-0.2, 0) is 4.74 Å². The predicted molar refractivity (Wildman–Crippen MR) is 97.7 cm³/mol. The topological polar surface area (TPSA) is 67.4 Å². The number of anilines is 1. The van der Waals surface area contributed by atoms with E-state index in [1.54, 1.807) is 43.5 Å². The number of nitrogens with one attached hydrogen (secondary N) is 2. The quantitative estimate of drug-likeness (QED) is 0.744. The molecule has 0 radical (unpaired) electrons. The number of halogens is 1. The van der Waals surface area contributed by atoms with Crippen molar-refractivity contribution in [3.63, 3.8) is 0 Å². The van der Waals surface area contributed by atoms with Crippen LogP contribution in [-0.4, -0.2) is 18.6 Å². The van der Waals surface area contributed by atoms with E-state index in [0.717, 1.165) is 10.0 Å². The Morgan fingerprint density at radius 2 is 1.75 bits per heavy atom. The fourth-order valence-electron chi connectivity index (χ4n) is 1.86. The second-order valence-corrected chi connectivity index (χ2v) is 5.70. The third-order valence-corrected chi connectivity index (χ3v) is 3.54. The first-order valence-corrected chi connectivity index (χ1v) is 8.14. The molecule has 0 saturated carbocycles. The van der Waals surface area contributed by atoms with E-state index in [-0.39, 0.29) is 12.0 Å². The monoisotopic (exact) mass is 388 g/mol. The number of benzene rings is 2. The first kappa shape index (κ1) is 17.7. The molecule has 0 fully saturated rings. The van der Waals surface area contributed by atoms with E-state index < -0.39 is 0 Å². The molecule has 0 aromatic heterocycles. The number of carbonyl (C=O) groups excluding carboxylic acids is 2. The highest BCUT2D eigenvalue weighted by atomic mass is 79.9. The lowest BCUT2D eigenvalue weighted by Crippen LogP contribution is -2.23. The Hall–Kier alpha value is -2.60. The van der Waals surface area contributed by atoms with Crippen molar-refractivity contribution >= 4 is 39.7 Å². The van der Waals surface area contributed by atoms with E-state index >= 15 is 0 Å². The summed E-state index contributed by atoms with van der Waals surface area (Å²) < 4.78 is 5.90. The molecule has 5 nitrogen and oxygen atoms in total. The Bertz CT molecular complexity index is 725. The highest BCUT2D eigenvalue weighted by Gasteiger charge is 2.06. The minimum atomic E-state index is -0.383. The standard InChI is InChI=1S/C18H17BrN2O3/c1-2-24-17(22)14-5-9-16(10-6-14)21-18(23)20-12-11-13-3-7-15(19)8-4-13/h3-12H,2H2,1H3,(H2,20,21,23)/b12-11+. The van der Waals surface area contributed by atoms with E-state index in [2.05, 4.69) is 26.6 Å². The molecule has 0 saturated heterocycles. The Morgan fingerprint density at radius 3 is 2.38 bits per heavy atom. The third kappa shape index (κ3) is 5.55. The molecule has 2 amide bonds. The van der Waals surface area contributed by atoms with Crippen LogP contribution in [0, 0.1) is 0 Å². The van der Waals surface area contributed by atoms with E-state index in [9.17, 15) is 9.59 Å². The predicted octanol–water partition coefficient (Wildman–Crippen LogP) is 4.42. The maximum absolute atomic E-state index is 11.8. The molecule has 2 N–H and O–H groups in total. The third-order valence-electron chi connectivity index (χ3n) is 3.01. The minimum absolute atomic E-state index is 0.325. The maximum atomic E-state index is 11.8. The van der Waals surface area contributed by atoms with Crippen LogP contribution in [0.3, 0.4) is 0 Å². The van der Waals surface area contributed by atoms with Gasteiger partial charge >= 0.3 is 12.0 Å². The van der Waals surface area contributed by atoms with E-state index in [1.165, 1.54) is 0 Å². The van der Waals surface area contributed by atoms with Crippen LogP contribution in [0.5, 0.6) is 0 Å². The smallest absolute Gasteiger partial charge is 0.338 e. The van der Waals surface area contributed by atoms with Gasteiger partial charge in [-0.3, -0.25) is 0 Å². The number of esters is 1. The fraction of sp³-hybridized carbons (Fsp3) is 0.111. The molecule has 0 atom stereocenters. The molecule has 24 heavy (non-hydrogen) atoms. The van der Waals surface area contributed by atoms with E-state index in [0.29, 0.717) is 17.9 Å². The van der Waals surface area contributed by atoms with E-state index in [1.807, 2.05) is 24.3 Å². The highest BCUT2D eigenvalue weighted by Crippen LogP contribution is 2.12. The van der Waals surface area contributed by atoms with Crippen molar-refractivity contribution in [2.75, 3.05) is 11.9 Å². The average Bonchev–Trinajstić information content (AvgIpc) is 2.57. The summed E-state index contributed by atoms with van der Waals surface area (Å²) in [5, 5.41) is 5.29. The molecular weight excluding hydrogens is 372 g/mol. The van der Waals surface area contributed by atoms with Crippen molar-refractivity contribution in [3.05, 3.63) is 70.3 Å². The molecule has 2 aromatic carbocycles. The Morgan fingerprint density at radius 1 is 1.08 bits per heavy atom. The van der Waals surface area contributed by atoms with Crippen LogP contribution in [0.4, 0.5) is 10.5 Å². The second-order valence-electron chi connectivity index (χ2n) is 4.78. The maximum Gasteiger partial charge on any atom is 0.338 e. The SMILES string of the molecule is CCOC(=O)c1ccc(NC(=O)N/C=C/c2ccc(Br)cc2)cc1. The van der Waals surface area contributed by atoms with Gasteiger partial charge in [-0.15, -0.1) is 0 Å². The molecule has 2 aromatic rings. The first-order chi connectivity index (χ1) is 11.6. The summed E-state index contributed by atoms with van der Waals surface area (Å²) in [6.45, 7) is 2.08. The molecule has 2 rings (SSSR count). The zero-order valence-corrected chi connectivity index (χ0v) is 14.7. The summed E-state index contributed by atoms with van der Waals surface area (Å²) >= 11 is 3.36. The van der Waals surface area contributed by atoms with Crippen LogP contribution in [0.15, 0.2) is 59.2 Å². The molecule has 0 unspecified atom stereocenters. The molecule has 0 heterocycles. The number of urea groups is 1. The summed E-state index contributed by atoms with van der Waals surface area (Å²) in [6.07, 6.45) is 3.35. The lowest BCUT2D eigenvalue weighted by atomic mass is 10.2. The average molecular weight is 389 g/mol. The van der Waals surface area contributed by atoms with Crippen molar-refractivity contribution in [2.45, 2.75) is 6.92 Å². The Kier molecular flexibility index (Phi) is 6.57. The molecule has 6 heteroatoms. The molecule has 0 aliphatic carbocycles. The number of amides is 2. The number of ether oxygens (including phenoxy) is 1. The highest BCUT2D eigenvalue weighted by molar-refractivity contribution is 9.10. The van der Waals surface area contributed by atoms with Crippen LogP contribution in [0.2, 0.25) is 0 Å². The molecule has 0 aliphatic rings. The first-order valence-electron chi connectivity index (χ1n) is 7.35. The van der Waals surface area contributed by atoms with Crippen LogP contribution >= 0.6 is 15.9 Å². The fourth-order valence-corrected chi connectivity index (χ4v) is 2.12.